The van der Waals surface area contributed by atoms with Crippen LogP contribution in [0.25, 0.3) is 0 Å². The maximum Gasteiger partial charge on any atom is 0.418 e. The normalized spacial score (nSPS) is 16.7. The van der Waals surface area contributed by atoms with Crippen molar-refractivity contribution in [1.29, 1.82) is 0 Å². The van der Waals surface area contributed by atoms with Crippen molar-refractivity contribution in [3.63, 3.8) is 0 Å². The molecule has 2 atom stereocenters. The van der Waals surface area contributed by atoms with E-state index in [0.717, 1.165) is 34.9 Å². The van der Waals surface area contributed by atoms with Crippen molar-refractivity contribution in [2.75, 3.05) is 11.9 Å². The first kappa shape index (κ1) is 30.3. The number of rotatable bonds is 12. The highest BCUT2D eigenvalue weighted by molar-refractivity contribution is 9.09. The Morgan fingerprint density at radius 3 is 2.02 bits per heavy atom. The molecule has 216 valence electrons. The fourth-order valence-corrected chi connectivity index (χ4v) is 5.91. The van der Waals surface area contributed by atoms with E-state index >= 15 is 0 Å². The number of amides is 3. The van der Waals surface area contributed by atoms with Gasteiger partial charge in [0.05, 0.1) is 12.0 Å². The fourth-order valence-electron chi connectivity index (χ4n) is 5.51. The van der Waals surface area contributed by atoms with Crippen molar-refractivity contribution in [2.45, 2.75) is 51.4 Å². The third-order valence-electron chi connectivity index (χ3n) is 7.40. The van der Waals surface area contributed by atoms with Gasteiger partial charge in [-0.2, -0.15) is 0 Å². The van der Waals surface area contributed by atoms with E-state index in [4.69, 9.17) is 9.47 Å². The van der Waals surface area contributed by atoms with Gasteiger partial charge in [-0.05, 0) is 24.3 Å². The lowest BCUT2D eigenvalue weighted by Gasteiger charge is -2.38. The fraction of sp³-hybridized carbons (Fsp3) is 0.364. The van der Waals surface area contributed by atoms with Gasteiger partial charge in [-0.25, -0.2) is 14.5 Å². The smallest absolute Gasteiger partial charge is 0.418 e. The van der Waals surface area contributed by atoms with E-state index in [2.05, 4.69) is 21.2 Å². The molecule has 3 aromatic carbocycles. The van der Waals surface area contributed by atoms with Crippen LogP contribution in [0.3, 0.4) is 0 Å². The molecule has 0 radical (unpaired) electrons. The summed E-state index contributed by atoms with van der Waals surface area (Å²) < 4.78 is 11.6. The van der Waals surface area contributed by atoms with Gasteiger partial charge in [-0.15, -0.1) is 0 Å². The molecule has 0 aliphatic carbocycles. The first-order valence-corrected chi connectivity index (χ1v) is 15.2. The van der Waals surface area contributed by atoms with E-state index in [9.17, 15) is 14.4 Å². The van der Waals surface area contributed by atoms with Gasteiger partial charge in [0.1, 0.15) is 6.61 Å². The monoisotopic (exact) mass is 620 g/mol. The van der Waals surface area contributed by atoms with Crippen LogP contribution in [0.15, 0.2) is 91.0 Å². The predicted molar refractivity (Wildman–Crippen MR) is 161 cm³/mol. The molecule has 1 saturated heterocycles. The second kappa shape index (κ2) is 14.3. The van der Waals surface area contributed by atoms with Crippen LogP contribution in [0, 0.1) is 11.8 Å². The Bertz CT molecular complexity index is 1250. The van der Waals surface area contributed by atoms with Crippen LogP contribution in [0.2, 0.25) is 0 Å². The largest absolute Gasteiger partial charge is 0.445 e. The summed E-state index contributed by atoms with van der Waals surface area (Å²) >= 11 is 3.45. The van der Waals surface area contributed by atoms with E-state index < -0.39 is 29.7 Å². The number of nitrogens with one attached hydrogen (secondary N) is 1. The number of hydrogen-bond donors (Lipinski definition) is 1. The highest BCUT2D eigenvalue weighted by Crippen LogP contribution is 2.47. The van der Waals surface area contributed by atoms with Gasteiger partial charge in [-0.1, -0.05) is 127 Å². The van der Waals surface area contributed by atoms with Crippen LogP contribution < -0.4 is 5.32 Å². The second-order valence-electron chi connectivity index (χ2n) is 10.6. The molecule has 1 N–H and O–H groups in total. The van der Waals surface area contributed by atoms with Crippen LogP contribution in [0.1, 0.15) is 49.8 Å². The molecule has 4 rings (SSSR count). The van der Waals surface area contributed by atoms with Crippen LogP contribution in [-0.2, 0) is 26.5 Å². The summed E-state index contributed by atoms with van der Waals surface area (Å²) in [7, 11) is 0. The zero-order valence-corrected chi connectivity index (χ0v) is 25.1. The Kier molecular flexibility index (Phi) is 10.6. The summed E-state index contributed by atoms with van der Waals surface area (Å²) in [5.41, 5.74) is 1.29. The number of unbranched alkanes of at least 4 members (excludes halogenated alkanes) is 1. The molecular formula is C33H37BrN2O5. The SMILES string of the molecule is CC(C)C1N(C(=O)C(CCCCBr)CNC(=O)OCc2ccccc2)C(=O)OC1(c1ccccc1)c1ccccc1. The van der Waals surface area contributed by atoms with Gasteiger partial charge in [0.15, 0.2) is 5.60 Å². The van der Waals surface area contributed by atoms with Crippen LogP contribution >= 0.6 is 15.9 Å². The van der Waals surface area contributed by atoms with E-state index in [-0.39, 0.29) is 25.0 Å². The van der Waals surface area contributed by atoms with E-state index in [1.165, 1.54) is 4.90 Å². The lowest BCUT2D eigenvalue weighted by atomic mass is 9.75. The predicted octanol–water partition coefficient (Wildman–Crippen LogP) is 7.04. The standard InChI is InChI=1S/C33H37BrN2O5/c1-24(2)29-33(27-17-8-4-9-18-27,28-19-10-5-11-20-28)41-32(39)36(29)30(37)26(16-12-13-21-34)22-35-31(38)40-23-25-14-6-3-7-15-25/h3-11,14-15,17-20,24,26,29H,12-13,16,21-23H2,1-2H3,(H,35,38). The maximum atomic E-state index is 14.2. The molecule has 0 spiro atoms. The molecule has 3 aromatic rings. The molecular weight excluding hydrogens is 584 g/mol. The van der Waals surface area contributed by atoms with E-state index in [1.54, 1.807) is 0 Å². The van der Waals surface area contributed by atoms with Crippen molar-refractivity contribution >= 4 is 34.0 Å². The van der Waals surface area contributed by atoms with Crippen molar-refractivity contribution in [1.82, 2.24) is 10.2 Å². The first-order chi connectivity index (χ1) is 19.9. The highest BCUT2D eigenvalue weighted by atomic mass is 79.9. The first-order valence-electron chi connectivity index (χ1n) is 14.1. The van der Waals surface area contributed by atoms with Crippen molar-refractivity contribution in [2.24, 2.45) is 11.8 Å². The molecule has 41 heavy (non-hydrogen) atoms. The third-order valence-corrected chi connectivity index (χ3v) is 7.97. The molecule has 1 aliphatic heterocycles. The minimum absolute atomic E-state index is 0.0486. The Labute approximate surface area is 250 Å². The summed E-state index contributed by atoms with van der Waals surface area (Å²) in [6, 6.07) is 28.0. The summed E-state index contributed by atoms with van der Waals surface area (Å²) in [6.45, 7) is 4.16. The molecule has 1 heterocycles. The van der Waals surface area contributed by atoms with Gasteiger partial charge in [-0.3, -0.25) is 4.79 Å². The molecule has 0 aromatic heterocycles. The average molecular weight is 622 g/mol. The molecule has 8 heteroatoms. The molecule has 0 bridgehead atoms. The summed E-state index contributed by atoms with van der Waals surface area (Å²) in [6.07, 6.45) is 0.818. The van der Waals surface area contributed by atoms with Crippen LogP contribution in [-0.4, -0.2) is 40.9 Å². The number of halogens is 1. The number of cyclic esters (lactones) is 1. The Morgan fingerprint density at radius 1 is 0.927 bits per heavy atom. The zero-order valence-electron chi connectivity index (χ0n) is 23.5. The minimum Gasteiger partial charge on any atom is -0.445 e. The number of ether oxygens (including phenoxy) is 2. The van der Waals surface area contributed by atoms with Gasteiger partial charge < -0.3 is 14.8 Å². The quantitative estimate of drug-likeness (QED) is 0.173. The van der Waals surface area contributed by atoms with Crippen LogP contribution in [0.5, 0.6) is 0 Å². The molecule has 7 nitrogen and oxygen atoms in total. The Hall–Kier alpha value is -3.65. The number of hydrogen-bond acceptors (Lipinski definition) is 5. The number of nitrogens with zero attached hydrogens (tertiary/aromatic N) is 1. The summed E-state index contributed by atoms with van der Waals surface area (Å²) in [5, 5.41) is 3.55. The summed E-state index contributed by atoms with van der Waals surface area (Å²) in [4.78, 5) is 41.8. The van der Waals surface area contributed by atoms with Gasteiger partial charge >= 0.3 is 12.2 Å². The van der Waals surface area contributed by atoms with Gasteiger partial charge in [0.25, 0.3) is 0 Å². The Morgan fingerprint density at radius 2 is 1.49 bits per heavy atom. The number of imide groups is 1. The zero-order chi connectivity index (χ0) is 29.2. The Balaban J connectivity index is 1.61. The average Bonchev–Trinajstić information content (AvgIpc) is 3.33. The number of benzene rings is 3. The molecule has 2 unspecified atom stereocenters. The molecule has 0 saturated carbocycles. The number of alkyl carbamates (subject to hydrolysis) is 1. The number of alkyl halides is 1. The molecule has 1 fully saturated rings. The van der Waals surface area contributed by atoms with Crippen molar-refractivity contribution in [3.05, 3.63) is 108 Å². The van der Waals surface area contributed by atoms with Crippen molar-refractivity contribution in [3.8, 4) is 0 Å². The second-order valence-corrected chi connectivity index (χ2v) is 11.4. The summed E-state index contributed by atoms with van der Waals surface area (Å²) in [5.74, 6) is -1.12. The maximum absolute atomic E-state index is 14.2. The third kappa shape index (κ3) is 6.99. The molecule has 1 aliphatic rings. The topological polar surface area (TPSA) is 84.9 Å². The molecule has 3 amide bonds. The lowest BCUT2D eigenvalue weighted by molar-refractivity contribution is -0.134. The highest BCUT2D eigenvalue weighted by Gasteiger charge is 2.59. The van der Waals surface area contributed by atoms with E-state index in [0.29, 0.717) is 6.42 Å². The lowest BCUT2D eigenvalue weighted by Crippen LogP contribution is -2.52. The minimum atomic E-state index is -1.17. The number of carbonyl (C=O) groups is 3. The van der Waals surface area contributed by atoms with E-state index in [1.807, 2.05) is 105 Å². The van der Waals surface area contributed by atoms with Crippen molar-refractivity contribution < 1.29 is 23.9 Å². The number of carbonyl (C=O) groups excluding carboxylic acids is 3. The van der Waals surface area contributed by atoms with Gasteiger partial charge in [0, 0.05) is 23.0 Å². The van der Waals surface area contributed by atoms with Gasteiger partial charge in [0.2, 0.25) is 5.91 Å². The van der Waals surface area contributed by atoms with Crippen LogP contribution in [0.4, 0.5) is 9.59 Å².